The first kappa shape index (κ1) is 29.6. The topological polar surface area (TPSA) is 116 Å². The van der Waals surface area contributed by atoms with Crippen molar-refractivity contribution in [2.45, 2.75) is 77.6 Å². The minimum atomic E-state index is -0.545. The Bertz CT molecular complexity index is 1630. The lowest BCUT2D eigenvalue weighted by molar-refractivity contribution is 0.00736. The molecule has 1 saturated carbocycles. The molecule has 0 radical (unpaired) electrons. The fraction of sp³-hybridized carbons (Fsp3) is 0.500. The van der Waals surface area contributed by atoms with E-state index in [1.807, 2.05) is 69.4 Å². The van der Waals surface area contributed by atoms with Crippen molar-refractivity contribution in [1.29, 1.82) is 0 Å². The van der Waals surface area contributed by atoms with E-state index in [0.29, 0.717) is 18.2 Å². The molecule has 1 saturated heterocycles. The van der Waals surface area contributed by atoms with Gasteiger partial charge in [-0.1, -0.05) is 11.6 Å². The van der Waals surface area contributed by atoms with Gasteiger partial charge < -0.3 is 14.5 Å². The van der Waals surface area contributed by atoms with Gasteiger partial charge in [0.25, 0.3) is 5.56 Å². The van der Waals surface area contributed by atoms with Crippen LogP contribution in [0, 0.1) is 5.92 Å². The summed E-state index contributed by atoms with van der Waals surface area (Å²) in [6, 6.07) is 7.49. The lowest BCUT2D eigenvalue weighted by atomic mass is 9.84. The zero-order valence-corrected chi connectivity index (χ0v) is 25.9. The highest BCUT2D eigenvalue weighted by Crippen LogP contribution is 2.31. The molecule has 1 aliphatic carbocycles. The smallest absolute Gasteiger partial charge is 0.410 e. The van der Waals surface area contributed by atoms with Gasteiger partial charge in [0, 0.05) is 61.7 Å². The Morgan fingerprint density at radius 3 is 2.66 bits per heavy atom. The van der Waals surface area contributed by atoms with E-state index in [4.69, 9.17) is 4.74 Å². The number of hydrogen-bond donors (Lipinski definition) is 0. The molecule has 12 nitrogen and oxygen atoms in total. The van der Waals surface area contributed by atoms with E-state index in [-0.39, 0.29) is 23.9 Å². The molecule has 2 atom stereocenters. The maximum Gasteiger partial charge on any atom is 0.410 e. The van der Waals surface area contributed by atoms with Crippen molar-refractivity contribution >= 4 is 11.8 Å². The van der Waals surface area contributed by atoms with Gasteiger partial charge in [0.1, 0.15) is 17.5 Å². The van der Waals surface area contributed by atoms with Gasteiger partial charge in [0.15, 0.2) is 0 Å². The van der Waals surface area contributed by atoms with Crippen LogP contribution < -0.4 is 10.5 Å². The molecule has 1 amide bonds. The van der Waals surface area contributed by atoms with Crippen LogP contribution in [0.4, 0.5) is 10.5 Å². The van der Waals surface area contributed by atoms with Crippen molar-refractivity contribution in [2.75, 3.05) is 24.5 Å². The molecule has 12 heteroatoms. The highest BCUT2D eigenvalue weighted by Gasteiger charge is 2.34. The van der Waals surface area contributed by atoms with Crippen LogP contribution in [0.15, 0.2) is 66.2 Å². The second-order valence-corrected chi connectivity index (χ2v) is 12.9. The molecule has 1 aliphatic heterocycles. The Kier molecular flexibility index (Phi) is 8.24. The summed E-state index contributed by atoms with van der Waals surface area (Å²) in [5, 5.41) is 12.9. The lowest BCUT2D eigenvalue weighted by Crippen LogP contribution is -2.53. The third-order valence-corrected chi connectivity index (χ3v) is 8.53. The largest absolute Gasteiger partial charge is 0.444 e. The molecule has 5 heterocycles. The van der Waals surface area contributed by atoms with Crippen LogP contribution in [0.2, 0.25) is 0 Å². The van der Waals surface area contributed by atoms with Crippen LogP contribution in [0.3, 0.4) is 0 Å². The van der Waals surface area contributed by atoms with Crippen molar-refractivity contribution in [3.8, 4) is 16.9 Å². The summed E-state index contributed by atoms with van der Waals surface area (Å²) in [5.41, 5.74) is 2.46. The van der Waals surface area contributed by atoms with Crippen LogP contribution in [0.1, 0.15) is 66.0 Å². The quantitative estimate of drug-likeness (QED) is 0.285. The molecule has 0 bridgehead atoms. The van der Waals surface area contributed by atoms with Crippen molar-refractivity contribution in [2.24, 2.45) is 5.92 Å². The van der Waals surface area contributed by atoms with E-state index in [1.54, 1.807) is 38.6 Å². The average molecular weight is 600 g/mol. The van der Waals surface area contributed by atoms with Gasteiger partial charge in [-0.3, -0.25) is 14.3 Å². The summed E-state index contributed by atoms with van der Waals surface area (Å²) in [5.74, 6) is 0.539. The summed E-state index contributed by atoms with van der Waals surface area (Å²) < 4.78 is 10.9. The molecule has 4 aromatic rings. The first-order chi connectivity index (χ1) is 21.1. The molecular weight excluding hydrogens is 558 g/mol. The van der Waals surface area contributed by atoms with E-state index in [9.17, 15) is 9.59 Å². The zero-order valence-electron chi connectivity index (χ0n) is 25.9. The Morgan fingerprint density at radius 1 is 1.11 bits per heavy atom. The SMILES string of the molecule is CC(n1cc(-c2cncc(-n3cccn3)c2)nn1)n1ccc(N2CCC[C@@H](N(CC3CCC3)C(=O)OC(C)(C)C)C2)cc1=O. The summed E-state index contributed by atoms with van der Waals surface area (Å²) in [6.07, 6.45) is 15.4. The standard InChI is InChI=1S/C32H41N9O3/c1-23(41-22-29(35-36-41)25-16-28(19-33-18-25)40-14-7-12-34-40)38-15-11-26(17-30(38)42)37-13-6-10-27(21-37)39(20-24-8-5-9-24)31(43)44-32(2,3)4/h7,11-12,14-19,22-24,27H,5-6,8-10,13,20-21H2,1-4H3/t23?,27-/m1/s1. The van der Waals surface area contributed by atoms with Gasteiger partial charge >= 0.3 is 6.09 Å². The number of rotatable bonds is 8. The van der Waals surface area contributed by atoms with E-state index < -0.39 is 5.60 Å². The molecule has 2 aliphatic rings. The number of amides is 1. The molecule has 0 aromatic carbocycles. The number of pyridine rings is 2. The van der Waals surface area contributed by atoms with Crippen molar-refractivity contribution in [3.05, 3.63) is 71.8 Å². The summed E-state index contributed by atoms with van der Waals surface area (Å²) in [4.78, 5) is 35.2. The molecule has 44 heavy (non-hydrogen) atoms. The van der Waals surface area contributed by atoms with E-state index in [0.717, 1.165) is 55.7 Å². The predicted octanol–water partition coefficient (Wildman–Crippen LogP) is 4.76. The lowest BCUT2D eigenvalue weighted by Gasteiger charge is -2.43. The highest BCUT2D eigenvalue weighted by molar-refractivity contribution is 5.69. The van der Waals surface area contributed by atoms with Gasteiger partial charge in [0.2, 0.25) is 0 Å². The number of ether oxygens (including phenoxy) is 1. The molecule has 2 fully saturated rings. The van der Waals surface area contributed by atoms with Crippen LogP contribution in [0.5, 0.6) is 0 Å². The van der Waals surface area contributed by atoms with Crippen LogP contribution in [0.25, 0.3) is 16.9 Å². The number of anilines is 1. The van der Waals surface area contributed by atoms with Gasteiger partial charge in [-0.15, -0.1) is 5.10 Å². The molecule has 1 unspecified atom stereocenters. The zero-order chi connectivity index (χ0) is 30.8. The Hall–Kier alpha value is -4.48. The molecule has 0 spiro atoms. The summed E-state index contributed by atoms with van der Waals surface area (Å²) in [7, 11) is 0. The molecule has 6 rings (SSSR count). The predicted molar refractivity (Wildman–Crippen MR) is 167 cm³/mol. The Labute approximate surface area is 257 Å². The van der Waals surface area contributed by atoms with E-state index >= 15 is 0 Å². The highest BCUT2D eigenvalue weighted by atomic mass is 16.6. The first-order valence-corrected chi connectivity index (χ1v) is 15.5. The van der Waals surface area contributed by atoms with Crippen molar-refractivity contribution in [3.63, 3.8) is 0 Å². The number of hydrogen-bond acceptors (Lipinski definition) is 8. The number of carbonyl (C=O) groups is 1. The van der Waals surface area contributed by atoms with Crippen LogP contribution in [-0.4, -0.2) is 76.6 Å². The Balaban J connectivity index is 1.16. The Morgan fingerprint density at radius 2 is 1.95 bits per heavy atom. The second kappa shape index (κ2) is 12.3. The fourth-order valence-electron chi connectivity index (χ4n) is 5.91. The maximum atomic E-state index is 13.4. The number of carbonyl (C=O) groups excluding carboxylic acids is 1. The third kappa shape index (κ3) is 6.53. The number of nitrogens with zero attached hydrogens (tertiary/aromatic N) is 9. The fourth-order valence-corrected chi connectivity index (χ4v) is 5.91. The summed E-state index contributed by atoms with van der Waals surface area (Å²) >= 11 is 0. The number of piperidine rings is 1. The van der Waals surface area contributed by atoms with Crippen molar-refractivity contribution in [1.82, 2.24) is 39.2 Å². The molecule has 232 valence electrons. The number of aromatic nitrogens is 7. The van der Waals surface area contributed by atoms with Crippen LogP contribution in [-0.2, 0) is 4.74 Å². The van der Waals surface area contributed by atoms with Gasteiger partial charge in [-0.05, 0) is 77.5 Å². The summed E-state index contributed by atoms with van der Waals surface area (Å²) in [6.45, 7) is 9.87. The molecular formula is C32H41N9O3. The minimum absolute atomic E-state index is 0.0374. The third-order valence-electron chi connectivity index (χ3n) is 8.53. The van der Waals surface area contributed by atoms with Gasteiger partial charge in [-0.2, -0.15) is 5.10 Å². The maximum absolute atomic E-state index is 13.4. The van der Waals surface area contributed by atoms with E-state index in [2.05, 4.69) is 25.3 Å². The normalized spacial score (nSPS) is 18.1. The first-order valence-electron chi connectivity index (χ1n) is 15.5. The molecule has 4 aromatic heterocycles. The van der Waals surface area contributed by atoms with Gasteiger partial charge in [0.05, 0.1) is 24.1 Å². The van der Waals surface area contributed by atoms with Gasteiger partial charge in [-0.25, -0.2) is 14.2 Å². The second-order valence-electron chi connectivity index (χ2n) is 12.9. The minimum Gasteiger partial charge on any atom is -0.444 e. The molecule has 0 N–H and O–H groups in total. The van der Waals surface area contributed by atoms with Crippen LogP contribution >= 0.6 is 0 Å². The van der Waals surface area contributed by atoms with E-state index in [1.165, 1.54) is 6.42 Å². The average Bonchev–Trinajstić information content (AvgIpc) is 3.69. The monoisotopic (exact) mass is 599 g/mol. The van der Waals surface area contributed by atoms with Crippen molar-refractivity contribution < 1.29 is 9.53 Å².